The zero-order valence-electron chi connectivity index (χ0n) is 22.8. The predicted molar refractivity (Wildman–Crippen MR) is 163 cm³/mol. The quantitative estimate of drug-likeness (QED) is 0.232. The number of hydrogen-bond donors (Lipinski definition) is 2. The Kier molecular flexibility index (Phi) is 6.83. The number of halogens is 1. The Morgan fingerprint density at radius 3 is 2.56 bits per heavy atom. The number of hydrogen-bond acceptors (Lipinski definition) is 10. The van der Waals surface area contributed by atoms with Gasteiger partial charge >= 0.3 is 0 Å². The Balaban J connectivity index is 1.40. The van der Waals surface area contributed by atoms with Crippen LogP contribution in [-0.2, 0) is 18.0 Å². The largest absolute Gasteiger partial charge is 0.495 e. The summed E-state index contributed by atoms with van der Waals surface area (Å²) in [5.41, 5.74) is 5.72. The summed E-state index contributed by atoms with van der Waals surface area (Å²) in [5, 5.41) is 11.6. The molecule has 5 aromatic rings. The average Bonchev–Trinajstić information content (AvgIpc) is 3.25. The Bertz CT molecular complexity index is 1900. The highest BCUT2D eigenvalue weighted by Gasteiger charge is 2.26. The van der Waals surface area contributed by atoms with E-state index in [4.69, 9.17) is 9.72 Å². The van der Waals surface area contributed by atoms with E-state index < -0.39 is 7.14 Å². The zero-order chi connectivity index (χ0) is 28.9. The number of rotatable bonds is 6. The second kappa shape index (κ2) is 10.4. The molecular formula is C28H26BrN8O3P. The molecule has 11 nitrogen and oxygen atoms in total. The third-order valence-electron chi connectivity index (χ3n) is 6.98. The molecule has 0 radical (unpaired) electrons. The third-order valence-corrected chi connectivity index (χ3v) is 9.09. The van der Waals surface area contributed by atoms with Crippen molar-refractivity contribution in [1.29, 1.82) is 0 Å². The normalized spacial score (nSPS) is 13.0. The minimum Gasteiger partial charge on any atom is -0.495 e. The number of Topliss-reactive ketones (excluding diaryl/α,β-unsaturated/α-hetero) is 1. The van der Waals surface area contributed by atoms with E-state index in [2.05, 4.69) is 46.6 Å². The number of carbonyl (C=O) groups is 1. The molecule has 0 unspecified atom stereocenters. The van der Waals surface area contributed by atoms with Gasteiger partial charge in [0.1, 0.15) is 24.2 Å². The first kappa shape index (κ1) is 27.0. The van der Waals surface area contributed by atoms with Gasteiger partial charge in [0, 0.05) is 48.9 Å². The van der Waals surface area contributed by atoms with Crippen molar-refractivity contribution in [1.82, 2.24) is 29.7 Å². The molecule has 3 aromatic heterocycles. The number of carbonyl (C=O) groups excluding carboxylic acids is 1. The predicted octanol–water partition coefficient (Wildman–Crippen LogP) is 5.46. The van der Waals surface area contributed by atoms with E-state index in [9.17, 15) is 9.36 Å². The minimum absolute atomic E-state index is 0.0486. The van der Waals surface area contributed by atoms with Gasteiger partial charge in [0.15, 0.2) is 5.78 Å². The first-order valence-corrected chi connectivity index (χ1v) is 16.2. The van der Waals surface area contributed by atoms with Crippen LogP contribution in [0.15, 0.2) is 53.5 Å². The van der Waals surface area contributed by atoms with E-state index in [1.54, 1.807) is 51.3 Å². The summed E-state index contributed by atoms with van der Waals surface area (Å²) in [6, 6.07) is 7.28. The number of benzene rings is 2. The average molecular weight is 633 g/mol. The number of ketones is 1. The first-order chi connectivity index (χ1) is 19.6. The molecule has 0 saturated carbocycles. The molecule has 2 N–H and O–H groups in total. The lowest BCUT2D eigenvalue weighted by atomic mass is 9.98. The van der Waals surface area contributed by atoms with E-state index >= 15 is 0 Å². The van der Waals surface area contributed by atoms with Gasteiger partial charge in [-0.1, -0.05) is 0 Å². The van der Waals surface area contributed by atoms with Crippen molar-refractivity contribution >= 4 is 68.3 Å². The topological polar surface area (TPSA) is 137 Å². The molecule has 41 heavy (non-hydrogen) atoms. The molecule has 0 fully saturated rings. The van der Waals surface area contributed by atoms with Gasteiger partial charge in [-0.05, 0) is 65.5 Å². The highest BCUT2D eigenvalue weighted by atomic mass is 79.9. The molecule has 0 atom stereocenters. The lowest BCUT2D eigenvalue weighted by Crippen LogP contribution is -2.14. The number of anilines is 4. The SMILES string of the molecule is COc1cc2c(cc1Nc1ncc(Br)c(Nc3ccc4nccnc4c3P(C)(C)=O)n1)-c1cnn(C)c1CCC2=O. The van der Waals surface area contributed by atoms with E-state index in [0.29, 0.717) is 68.1 Å². The Hall–Kier alpha value is -4.15. The first-order valence-electron chi connectivity index (χ1n) is 12.8. The standard InChI is InChI=1S/C28H26BrN8O3P/c1-37-22-7-8-23(38)16-12-24(40-2)21(11-15(16)17(22)13-33-37)35-28-32-14-18(29)27(36-28)34-20-6-5-19-25(31-10-9-30-19)26(20)41(3,4)39/h5-6,9-14H,7-8H2,1-4H3,(H2,32,34,35,36). The van der Waals surface area contributed by atoms with E-state index in [1.807, 2.05) is 29.9 Å². The Morgan fingerprint density at radius 2 is 1.78 bits per heavy atom. The van der Waals surface area contributed by atoms with Crippen molar-refractivity contribution in [3.05, 3.63) is 64.8 Å². The fraction of sp³-hybridized carbons (Fsp3) is 0.214. The molecule has 0 spiro atoms. The van der Waals surface area contributed by atoms with Gasteiger partial charge in [-0.15, -0.1) is 0 Å². The molecule has 0 aliphatic heterocycles. The van der Waals surface area contributed by atoms with Crippen LogP contribution in [0.5, 0.6) is 5.75 Å². The molecule has 1 aliphatic carbocycles. The number of fused-ring (bicyclic) bond motifs is 4. The number of methoxy groups -OCH3 is 1. The van der Waals surface area contributed by atoms with Gasteiger partial charge in [0.05, 0.1) is 40.0 Å². The van der Waals surface area contributed by atoms with E-state index in [1.165, 1.54) is 0 Å². The van der Waals surface area contributed by atoms with Gasteiger partial charge in [-0.3, -0.25) is 19.4 Å². The second-order valence-corrected chi connectivity index (χ2v) is 14.0. The van der Waals surface area contributed by atoms with Crippen LogP contribution in [0.1, 0.15) is 22.5 Å². The summed E-state index contributed by atoms with van der Waals surface area (Å²) in [7, 11) is 0.666. The maximum Gasteiger partial charge on any atom is 0.229 e. The van der Waals surface area contributed by atoms with Gasteiger partial charge in [-0.25, -0.2) is 4.98 Å². The molecule has 3 heterocycles. The van der Waals surface area contributed by atoms with Crippen LogP contribution in [0.4, 0.5) is 23.1 Å². The van der Waals surface area contributed by atoms with Crippen LogP contribution in [0, 0.1) is 0 Å². The number of aryl methyl sites for hydroxylation is 1. The smallest absolute Gasteiger partial charge is 0.229 e. The maximum atomic E-state index is 13.4. The number of nitrogens with zero attached hydrogens (tertiary/aromatic N) is 6. The zero-order valence-corrected chi connectivity index (χ0v) is 25.2. The Labute approximate surface area is 244 Å². The van der Waals surface area contributed by atoms with Crippen molar-refractivity contribution in [2.75, 3.05) is 31.1 Å². The van der Waals surface area contributed by atoms with E-state index in [0.717, 1.165) is 16.8 Å². The van der Waals surface area contributed by atoms with Crippen molar-refractivity contribution in [2.24, 2.45) is 7.05 Å². The van der Waals surface area contributed by atoms with Crippen LogP contribution >= 0.6 is 23.1 Å². The van der Waals surface area contributed by atoms with Crippen molar-refractivity contribution in [2.45, 2.75) is 12.8 Å². The van der Waals surface area contributed by atoms with Crippen LogP contribution in [0.3, 0.4) is 0 Å². The van der Waals surface area contributed by atoms with Gasteiger partial charge < -0.3 is 19.9 Å². The molecule has 6 rings (SSSR count). The lowest BCUT2D eigenvalue weighted by molar-refractivity contribution is 0.0983. The molecule has 13 heteroatoms. The fourth-order valence-corrected chi connectivity index (χ4v) is 6.76. The molecule has 1 aliphatic rings. The van der Waals surface area contributed by atoms with E-state index in [-0.39, 0.29) is 5.78 Å². The summed E-state index contributed by atoms with van der Waals surface area (Å²) in [6.07, 6.45) is 7.60. The summed E-state index contributed by atoms with van der Waals surface area (Å²) in [5.74, 6) is 1.28. The van der Waals surface area contributed by atoms with Crippen LogP contribution in [0.2, 0.25) is 0 Å². The number of ether oxygens (including phenoxy) is 1. The summed E-state index contributed by atoms with van der Waals surface area (Å²) < 4.78 is 21.4. The molecule has 0 bridgehead atoms. The molecule has 0 amide bonds. The van der Waals surface area contributed by atoms with Crippen molar-refractivity contribution in [3.8, 4) is 16.9 Å². The van der Waals surface area contributed by atoms with Gasteiger partial charge in [0.25, 0.3) is 0 Å². The van der Waals surface area contributed by atoms with Gasteiger partial charge in [-0.2, -0.15) is 10.1 Å². The summed E-state index contributed by atoms with van der Waals surface area (Å²) in [4.78, 5) is 30.9. The maximum absolute atomic E-state index is 13.4. The molecule has 2 aromatic carbocycles. The highest BCUT2D eigenvalue weighted by molar-refractivity contribution is 9.10. The van der Waals surface area contributed by atoms with Crippen molar-refractivity contribution < 1.29 is 14.1 Å². The van der Waals surface area contributed by atoms with Gasteiger partial charge in [0.2, 0.25) is 5.95 Å². The monoisotopic (exact) mass is 632 g/mol. The number of nitrogens with one attached hydrogen (secondary N) is 2. The third kappa shape index (κ3) is 4.98. The Morgan fingerprint density at radius 1 is 0.976 bits per heavy atom. The summed E-state index contributed by atoms with van der Waals surface area (Å²) in [6.45, 7) is 3.40. The summed E-state index contributed by atoms with van der Waals surface area (Å²) >= 11 is 3.53. The lowest BCUT2D eigenvalue weighted by Gasteiger charge is -2.18. The molecular weight excluding hydrogens is 607 g/mol. The van der Waals surface area contributed by atoms with Crippen molar-refractivity contribution in [3.63, 3.8) is 0 Å². The molecule has 0 saturated heterocycles. The fourth-order valence-electron chi connectivity index (χ4n) is 5.08. The van der Waals surface area contributed by atoms with Crippen LogP contribution in [-0.4, -0.2) is 55.9 Å². The minimum atomic E-state index is -2.77. The second-order valence-electron chi connectivity index (χ2n) is 10.0. The molecule has 208 valence electrons. The number of aromatic nitrogens is 6. The van der Waals surface area contributed by atoms with Crippen LogP contribution in [0.25, 0.3) is 22.2 Å². The highest BCUT2D eigenvalue weighted by Crippen LogP contribution is 2.42. The van der Waals surface area contributed by atoms with Crippen LogP contribution < -0.4 is 20.7 Å².